The molecule has 0 aliphatic heterocycles. The van der Waals surface area contributed by atoms with Gasteiger partial charge in [-0.2, -0.15) is 11.8 Å². The molecule has 0 aliphatic rings. The Labute approximate surface area is 134 Å². The molecule has 1 atom stereocenters. The highest BCUT2D eigenvalue weighted by Gasteiger charge is 2.09. The monoisotopic (exact) mass is 313 g/mol. The molecule has 1 unspecified atom stereocenters. The van der Waals surface area contributed by atoms with E-state index in [1.165, 1.54) is 0 Å². The van der Waals surface area contributed by atoms with Crippen molar-refractivity contribution in [1.29, 1.82) is 0 Å². The molecule has 0 bridgehead atoms. The minimum atomic E-state index is -0.440. The van der Waals surface area contributed by atoms with Crippen molar-refractivity contribution < 1.29 is 5.11 Å². The van der Waals surface area contributed by atoms with Gasteiger partial charge in [-0.25, -0.2) is 9.97 Å². The van der Waals surface area contributed by atoms with Gasteiger partial charge in [0.2, 0.25) is 5.78 Å². The van der Waals surface area contributed by atoms with Gasteiger partial charge in [0.15, 0.2) is 0 Å². The standard InChI is InChI=1S/C17H19N3OS/c1-12-8-13(2)20-9-15(19-17(20)18-12)10-22-11-16(21)14-6-4-3-5-7-14/h3-9,16,21H,10-11H2,1-2H3. The molecule has 1 N–H and O–H groups in total. The summed E-state index contributed by atoms with van der Waals surface area (Å²) in [5.41, 5.74) is 4.06. The van der Waals surface area contributed by atoms with Gasteiger partial charge in [0.25, 0.3) is 0 Å². The van der Waals surface area contributed by atoms with Crippen LogP contribution in [0.1, 0.15) is 28.7 Å². The van der Waals surface area contributed by atoms with Crippen molar-refractivity contribution in [2.45, 2.75) is 25.7 Å². The first-order valence-electron chi connectivity index (χ1n) is 7.26. The third-order valence-corrected chi connectivity index (χ3v) is 4.57. The number of imidazole rings is 1. The molecule has 1 aromatic carbocycles. The number of nitrogens with zero attached hydrogens (tertiary/aromatic N) is 3. The molecule has 3 rings (SSSR count). The molecular weight excluding hydrogens is 294 g/mol. The molecule has 0 spiro atoms. The van der Waals surface area contributed by atoms with Crippen molar-refractivity contribution in [3.8, 4) is 0 Å². The van der Waals surface area contributed by atoms with Crippen LogP contribution in [-0.4, -0.2) is 25.2 Å². The number of aryl methyl sites for hydroxylation is 2. The van der Waals surface area contributed by atoms with Gasteiger partial charge >= 0.3 is 0 Å². The predicted octanol–water partition coefficient (Wildman–Crippen LogP) is 3.31. The Hall–Kier alpha value is -1.85. The lowest BCUT2D eigenvalue weighted by Gasteiger charge is -2.09. The second kappa shape index (κ2) is 6.50. The minimum Gasteiger partial charge on any atom is -0.388 e. The maximum atomic E-state index is 10.2. The molecule has 0 amide bonds. The smallest absolute Gasteiger partial charge is 0.234 e. The molecular formula is C17H19N3OS. The van der Waals surface area contributed by atoms with E-state index in [1.807, 2.05) is 53.9 Å². The number of benzene rings is 1. The molecule has 0 saturated heterocycles. The number of hydrogen-bond donors (Lipinski definition) is 1. The predicted molar refractivity (Wildman–Crippen MR) is 90.0 cm³/mol. The van der Waals surface area contributed by atoms with Crippen LogP contribution in [0.2, 0.25) is 0 Å². The lowest BCUT2D eigenvalue weighted by molar-refractivity contribution is 0.204. The van der Waals surface area contributed by atoms with E-state index in [9.17, 15) is 5.11 Å². The highest BCUT2D eigenvalue weighted by molar-refractivity contribution is 7.98. The number of thioether (sulfide) groups is 1. The number of fused-ring (bicyclic) bond motifs is 1. The maximum Gasteiger partial charge on any atom is 0.234 e. The van der Waals surface area contributed by atoms with Crippen LogP contribution in [0.3, 0.4) is 0 Å². The van der Waals surface area contributed by atoms with Crippen LogP contribution in [-0.2, 0) is 5.75 Å². The lowest BCUT2D eigenvalue weighted by atomic mass is 10.1. The van der Waals surface area contributed by atoms with Gasteiger partial charge in [-0.1, -0.05) is 30.3 Å². The molecule has 22 heavy (non-hydrogen) atoms. The summed E-state index contributed by atoms with van der Waals surface area (Å²) in [5.74, 6) is 2.17. The fourth-order valence-electron chi connectivity index (χ4n) is 2.43. The largest absolute Gasteiger partial charge is 0.388 e. The summed E-state index contributed by atoms with van der Waals surface area (Å²) in [6, 6.07) is 11.8. The fraction of sp³-hybridized carbons (Fsp3) is 0.294. The number of hydrogen-bond acceptors (Lipinski definition) is 4. The van der Waals surface area contributed by atoms with Crippen molar-refractivity contribution in [1.82, 2.24) is 14.4 Å². The van der Waals surface area contributed by atoms with Crippen LogP contribution in [0.4, 0.5) is 0 Å². The van der Waals surface area contributed by atoms with Gasteiger partial charge < -0.3 is 5.11 Å². The van der Waals surface area contributed by atoms with Crippen LogP contribution in [0, 0.1) is 13.8 Å². The van der Waals surface area contributed by atoms with E-state index in [-0.39, 0.29) is 0 Å². The van der Waals surface area contributed by atoms with Crippen molar-refractivity contribution in [3.05, 3.63) is 65.2 Å². The average molecular weight is 313 g/mol. The first kappa shape index (κ1) is 15.1. The molecule has 0 fully saturated rings. The summed E-state index contributed by atoms with van der Waals surface area (Å²) in [6.07, 6.45) is 1.59. The van der Waals surface area contributed by atoms with E-state index < -0.39 is 6.10 Å². The summed E-state index contributed by atoms with van der Waals surface area (Å²) in [4.78, 5) is 8.99. The van der Waals surface area contributed by atoms with Gasteiger partial charge in [-0.15, -0.1) is 0 Å². The second-order valence-electron chi connectivity index (χ2n) is 5.38. The second-order valence-corrected chi connectivity index (χ2v) is 6.41. The van der Waals surface area contributed by atoms with E-state index in [0.29, 0.717) is 5.75 Å². The van der Waals surface area contributed by atoms with Crippen molar-refractivity contribution in [3.63, 3.8) is 0 Å². The summed E-state index contributed by atoms with van der Waals surface area (Å²) >= 11 is 1.68. The van der Waals surface area contributed by atoms with Gasteiger partial charge in [0.05, 0.1) is 11.8 Å². The Kier molecular flexibility index (Phi) is 4.45. The Morgan fingerprint density at radius 2 is 1.95 bits per heavy atom. The zero-order valence-corrected chi connectivity index (χ0v) is 13.5. The zero-order valence-electron chi connectivity index (χ0n) is 12.7. The lowest BCUT2D eigenvalue weighted by Crippen LogP contribution is -2.00. The third kappa shape index (κ3) is 3.31. The van der Waals surface area contributed by atoms with Crippen LogP contribution in [0.5, 0.6) is 0 Å². The van der Waals surface area contributed by atoms with E-state index >= 15 is 0 Å². The van der Waals surface area contributed by atoms with Crippen molar-refractivity contribution >= 4 is 17.5 Å². The van der Waals surface area contributed by atoms with Crippen molar-refractivity contribution in [2.75, 3.05) is 5.75 Å². The number of rotatable bonds is 5. The molecule has 3 aromatic rings. The Bertz CT molecular complexity index is 770. The van der Waals surface area contributed by atoms with E-state index in [0.717, 1.165) is 34.2 Å². The number of aliphatic hydroxyl groups excluding tert-OH is 1. The Morgan fingerprint density at radius 1 is 1.18 bits per heavy atom. The van der Waals surface area contributed by atoms with Gasteiger partial charge in [0, 0.05) is 29.1 Å². The minimum absolute atomic E-state index is 0.440. The van der Waals surface area contributed by atoms with Crippen LogP contribution >= 0.6 is 11.8 Å². The topological polar surface area (TPSA) is 50.4 Å². The zero-order chi connectivity index (χ0) is 15.5. The normalized spacial score (nSPS) is 12.7. The maximum absolute atomic E-state index is 10.2. The van der Waals surface area contributed by atoms with Gasteiger partial charge in [-0.3, -0.25) is 4.40 Å². The SMILES string of the molecule is Cc1cc(C)n2cc(CSCC(O)c3ccccc3)nc2n1. The summed E-state index contributed by atoms with van der Waals surface area (Å²) in [6.45, 7) is 4.03. The van der Waals surface area contributed by atoms with E-state index in [4.69, 9.17) is 0 Å². The fourth-order valence-corrected chi connectivity index (χ4v) is 3.32. The van der Waals surface area contributed by atoms with Gasteiger partial charge in [0.1, 0.15) is 0 Å². The molecule has 0 radical (unpaired) electrons. The highest BCUT2D eigenvalue weighted by Crippen LogP contribution is 2.21. The van der Waals surface area contributed by atoms with Crippen molar-refractivity contribution in [2.24, 2.45) is 0 Å². The quantitative estimate of drug-likeness (QED) is 0.785. The molecule has 2 heterocycles. The molecule has 0 saturated carbocycles. The molecule has 2 aromatic heterocycles. The third-order valence-electron chi connectivity index (χ3n) is 3.52. The number of aliphatic hydroxyl groups is 1. The van der Waals surface area contributed by atoms with E-state index in [1.54, 1.807) is 11.8 Å². The summed E-state index contributed by atoms with van der Waals surface area (Å²) in [5, 5.41) is 10.2. The highest BCUT2D eigenvalue weighted by atomic mass is 32.2. The molecule has 5 heteroatoms. The molecule has 114 valence electrons. The van der Waals surface area contributed by atoms with Crippen LogP contribution < -0.4 is 0 Å². The summed E-state index contributed by atoms with van der Waals surface area (Å²) < 4.78 is 2.01. The average Bonchev–Trinajstić information content (AvgIpc) is 2.91. The van der Waals surface area contributed by atoms with E-state index in [2.05, 4.69) is 16.9 Å². The van der Waals surface area contributed by atoms with Crippen LogP contribution in [0.15, 0.2) is 42.6 Å². The first-order chi connectivity index (χ1) is 10.6. The molecule has 0 aliphatic carbocycles. The molecule has 4 nitrogen and oxygen atoms in total. The summed E-state index contributed by atoms with van der Waals surface area (Å²) in [7, 11) is 0. The van der Waals surface area contributed by atoms with Crippen LogP contribution in [0.25, 0.3) is 5.78 Å². The Balaban J connectivity index is 1.63. The van der Waals surface area contributed by atoms with Gasteiger partial charge in [-0.05, 0) is 25.5 Å². The first-order valence-corrected chi connectivity index (χ1v) is 8.42. The Morgan fingerprint density at radius 3 is 2.73 bits per heavy atom. The number of aromatic nitrogens is 3.